The Bertz CT molecular complexity index is 454. The molecule has 0 unspecified atom stereocenters. The van der Waals surface area contributed by atoms with Gasteiger partial charge in [-0.05, 0) is 52.9 Å². The molecule has 0 spiro atoms. The van der Waals surface area contributed by atoms with Gasteiger partial charge in [0, 0.05) is 17.3 Å². The fourth-order valence-electron chi connectivity index (χ4n) is 2.39. The van der Waals surface area contributed by atoms with E-state index < -0.39 is 5.97 Å². The smallest absolute Gasteiger partial charge is 0.376 e. The van der Waals surface area contributed by atoms with Gasteiger partial charge in [-0.2, -0.15) is 0 Å². The lowest BCUT2D eigenvalue weighted by Gasteiger charge is -2.28. The summed E-state index contributed by atoms with van der Waals surface area (Å²) in [5.74, 6) is 0.183. The Balaban J connectivity index is 2.19. The molecule has 5 nitrogen and oxygen atoms in total. The summed E-state index contributed by atoms with van der Waals surface area (Å²) in [6.45, 7) is 6.17. The lowest BCUT2D eigenvalue weighted by Crippen LogP contribution is -2.29. The molecule has 104 valence electrons. The monoisotopic (exact) mass is 263 g/mol. The first-order valence-corrected chi connectivity index (χ1v) is 6.81. The van der Waals surface area contributed by atoms with Crippen molar-refractivity contribution < 1.29 is 9.53 Å². The van der Waals surface area contributed by atoms with Crippen LogP contribution in [0.3, 0.4) is 0 Å². The van der Waals surface area contributed by atoms with Crippen molar-refractivity contribution in [2.75, 3.05) is 26.7 Å². The van der Waals surface area contributed by atoms with Crippen LogP contribution in [0.2, 0.25) is 0 Å². The van der Waals surface area contributed by atoms with E-state index in [0.29, 0.717) is 12.5 Å². The molecule has 0 aliphatic carbocycles. The predicted octanol–water partition coefficient (Wildman–Crippen LogP) is 1.77. The van der Waals surface area contributed by atoms with Crippen molar-refractivity contribution in [1.29, 1.82) is 0 Å². The lowest BCUT2D eigenvalue weighted by atomic mass is 9.93. The van der Waals surface area contributed by atoms with Crippen molar-refractivity contribution in [1.82, 2.24) is 14.9 Å². The fraction of sp³-hybridized carbons (Fsp3) is 0.643. The molecule has 1 fully saturated rings. The van der Waals surface area contributed by atoms with E-state index in [-0.39, 0.29) is 5.82 Å². The first-order valence-electron chi connectivity index (χ1n) is 6.81. The number of carbonyl (C=O) groups excluding carboxylic acids is 1. The van der Waals surface area contributed by atoms with E-state index in [1.54, 1.807) is 6.92 Å². The van der Waals surface area contributed by atoms with E-state index >= 15 is 0 Å². The van der Waals surface area contributed by atoms with Crippen molar-refractivity contribution in [2.45, 2.75) is 32.6 Å². The number of esters is 1. The highest BCUT2D eigenvalue weighted by Crippen LogP contribution is 2.26. The molecule has 1 aromatic heterocycles. The van der Waals surface area contributed by atoms with Gasteiger partial charge in [-0.3, -0.25) is 0 Å². The first-order chi connectivity index (χ1) is 9.10. The summed E-state index contributed by atoms with van der Waals surface area (Å²) in [6.07, 6.45) is 2.16. The second-order valence-electron chi connectivity index (χ2n) is 5.06. The third-order valence-corrected chi connectivity index (χ3v) is 3.47. The van der Waals surface area contributed by atoms with Crippen molar-refractivity contribution >= 4 is 5.97 Å². The van der Waals surface area contributed by atoms with Crippen LogP contribution in [-0.2, 0) is 4.74 Å². The molecule has 19 heavy (non-hydrogen) atoms. The molecule has 0 atom stereocenters. The molecule has 1 aromatic rings. The Morgan fingerprint density at radius 2 is 2.11 bits per heavy atom. The van der Waals surface area contributed by atoms with Gasteiger partial charge in [-0.15, -0.1) is 0 Å². The van der Waals surface area contributed by atoms with E-state index in [4.69, 9.17) is 4.74 Å². The summed E-state index contributed by atoms with van der Waals surface area (Å²) in [5.41, 5.74) is 1.80. The molecular weight excluding hydrogens is 242 g/mol. The molecule has 2 rings (SSSR count). The molecule has 1 saturated heterocycles. The van der Waals surface area contributed by atoms with Gasteiger partial charge in [0.25, 0.3) is 0 Å². The number of aromatic nitrogens is 2. The number of aryl methyl sites for hydroxylation is 1. The van der Waals surface area contributed by atoms with Crippen LogP contribution in [0, 0.1) is 6.92 Å². The number of carbonyl (C=O) groups is 1. The van der Waals surface area contributed by atoms with Crippen molar-refractivity contribution in [3.63, 3.8) is 0 Å². The molecule has 0 N–H and O–H groups in total. The Kier molecular flexibility index (Phi) is 4.47. The number of hydrogen-bond donors (Lipinski definition) is 0. The minimum Gasteiger partial charge on any atom is -0.460 e. The Labute approximate surface area is 114 Å². The summed E-state index contributed by atoms with van der Waals surface area (Å²) < 4.78 is 4.97. The summed E-state index contributed by atoms with van der Waals surface area (Å²) in [6, 6.07) is 1.98. The zero-order valence-corrected chi connectivity index (χ0v) is 11.8. The molecule has 1 aliphatic rings. The molecular formula is C14H21N3O2. The third kappa shape index (κ3) is 3.50. The molecule has 0 saturated carbocycles. The summed E-state index contributed by atoms with van der Waals surface area (Å²) >= 11 is 0. The Morgan fingerprint density at radius 3 is 2.74 bits per heavy atom. The van der Waals surface area contributed by atoms with E-state index in [2.05, 4.69) is 21.9 Å². The number of rotatable bonds is 3. The van der Waals surface area contributed by atoms with Crippen LogP contribution in [0.5, 0.6) is 0 Å². The van der Waals surface area contributed by atoms with E-state index in [0.717, 1.165) is 37.3 Å². The second kappa shape index (κ2) is 6.10. The SMILES string of the molecule is CCOC(=O)c1nc(C)cc(C2CCN(C)CC2)n1. The van der Waals surface area contributed by atoms with Gasteiger partial charge in [0.05, 0.1) is 6.61 Å². The van der Waals surface area contributed by atoms with Gasteiger partial charge in [0.15, 0.2) is 0 Å². The first kappa shape index (κ1) is 13.9. The predicted molar refractivity (Wildman–Crippen MR) is 72.2 cm³/mol. The van der Waals surface area contributed by atoms with Gasteiger partial charge in [-0.1, -0.05) is 0 Å². The van der Waals surface area contributed by atoms with Crippen LogP contribution in [-0.4, -0.2) is 47.6 Å². The molecule has 2 heterocycles. The number of ether oxygens (including phenoxy) is 1. The van der Waals surface area contributed by atoms with Gasteiger partial charge in [0.2, 0.25) is 5.82 Å². The van der Waals surface area contributed by atoms with Crippen LogP contribution in [0.4, 0.5) is 0 Å². The highest BCUT2D eigenvalue weighted by atomic mass is 16.5. The molecule has 5 heteroatoms. The molecule has 0 radical (unpaired) electrons. The van der Waals surface area contributed by atoms with E-state index in [9.17, 15) is 4.79 Å². The standard InChI is InChI=1S/C14H21N3O2/c1-4-19-14(18)13-15-10(2)9-12(16-13)11-5-7-17(3)8-6-11/h9,11H,4-8H2,1-3H3. The average molecular weight is 263 g/mol. The lowest BCUT2D eigenvalue weighted by molar-refractivity contribution is 0.0511. The van der Waals surface area contributed by atoms with Gasteiger partial charge in [-0.25, -0.2) is 14.8 Å². The maximum Gasteiger partial charge on any atom is 0.376 e. The minimum atomic E-state index is -0.430. The van der Waals surface area contributed by atoms with Crippen molar-refractivity contribution in [3.05, 3.63) is 23.3 Å². The topological polar surface area (TPSA) is 55.3 Å². The van der Waals surface area contributed by atoms with Gasteiger partial charge in [0.1, 0.15) is 0 Å². The molecule has 0 aromatic carbocycles. The number of piperidine rings is 1. The summed E-state index contributed by atoms with van der Waals surface area (Å²) in [5, 5.41) is 0. The maximum atomic E-state index is 11.7. The van der Waals surface area contributed by atoms with Gasteiger partial charge < -0.3 is 9.64 Å². The highest BCUT2D eigenvalue weighted by molar-refractivity contribution is 5.85. The van der Waals surface area contributed by atoms with E-state index in [1.807, 2.05) is 13.0 Å². The van der Waals surface area contributed by atoms with Crippen LogP contribution in [0.15, 0.2) is 6.07 Å². The average Bonchev–Trinajstić information content (AvgIpc) is 2.39. The fourth-order valence-corrected chi connectivity index (χ4v) is 2.39. The molecule has 1 aliphatic heterocycles. The van der Waals surface area contributed by atoms with Crippen molar-refractivity contribution in [2.24, 2.45) is 0 Å². The number of hydrogen-bond acceptors (Lipinski definition) is 5. The van der Waals surface area contributed by atoms with Crippen LogP contribution in [0.1, 0.15) is 47.7 Å². The maximum absolute atomic E-state index is 11.7. The largest absolute Gasteiger partial charge is 0.460 e. The van der Waals surface area contributed by atoms with Crippen molar-refractivity contribution in [3.8, 4) is 0 Å². The number of nitrogens with zero attached hydrogens (tertiary/aromatic N) is 3. The minimum absolute atomic E-state index is 0.191. The zero-order valence-electron chi connectivity index (χ0n) is 11.8. The van der Waals surface area contributed by atoms with E-state index in [1.165, 1.54) is 0 Å². The number of likely N-dealkylation sites (tertiary alicyclic amines) is 1. The third-order valence-electron chi connectivity index (χ3n) is 3.47. The van der Waals surface area contributed by atoms with Crippen LogP contribution in [0.25, 0.3) is 0 Å². The molecule has 0 bridgehead atoms. The summed E-state index contributed by atoms with van der Waals surface area (Å²) in [7, 11) is 2.13. The van der Waals surface area contributed by atoms with Crippen LogP contribution >= 0.6 is 0 Å². The highest BCUT2D eigenvalue weighted by Gasteiger charge is 2.22. The quantitative estimate of drug-likeness (QED) is 0.778. The molecule has 0 amide bonds. The van der Waals surface area contributed by atoms with Gasteiger partial charge >= 0.3 is 5.97 Å². The Morgan fingerprint density at radius 1 is 1.42 bits per heavy atom. The Hall–Kier alpha value is -1.49. The van der Waals surface area contributed by atoms with Crippen LogP contribution < -0.4 is 0 Å². The normalized spacial score (nSPS) is 17.4. The summed E-state index contributed by atoms with van der Waals surface area (Å²) in [4.78, 5) is 22.6. The second-order valence-corrected chi connectivity index (χ2v) is 5.06. The zero-order chi connectivity index (χ0) is 13.8.